The highest BCUT2D eigenvalue weighted by Gasteiger charge is 3.01. The molecule has 1 fully saturated rings. The zero-order chi connectivity index (χ0) is 25.2. The topological polar surface area (TPSA) is 23.5 Å². The number of nitrogens with zero attached hydrogens (tertiary/aromatic N) is 1. The first-order valence-corrected chi connectivity index (χ1v) is 9.35. The Balaban J connectivity index is 2.59. The van der Waals surface area contributed by atoms with Gasteiger partial charge in [0.2, 0.25) is 0 Å². The van der Waals surface area contributed by atoms with Crippen LogP contribution in [0, 0.1) is 0 Å². The van der Waals surface area contributed by atoms with Crippen LogP contribution >= 0.6 is 0 Å². The highest BCUT2D eigenvalue weighted by atomic mass is 19.4. The van der Waals surface area contributed by atoms with E-state index in [-0.39, 0.29) is 0 Å². The molecule has 0 radical (unpaired) electrons. The molecule has 1 N–H and O–H groups in total. The fraction of sp³-hybridized carbons (Fsp3) is 0.684. The van der Waals surface area contributed by atoms with Crippen LogP contribution in [-0.4, -0.2) is 53.5 Å². The quantitative estimate of drug-likeness (QED) is 0.496. The van der Waals surface area contributed by atoms with Crippen molar-refractivity contribution in [3.8, 4) is 0 Å². The lowest BCUT2D eigenvalue weighted by Gasteiger charge is -2.53. The Morgan fingerprint density at radius 1 is 0.688 bits per heavy atom. The van der Waals surface area contributed by atoms with E-state index in [1.807, 2.05) is 0 Å². The highest BCUT2D eigenvalue weighted by Crippen LogP contribution is 2.71. The molecule has 0 aromatic heterocycles. The maximum atomic E-state index is 15.0. The van der Waals surface area contributed by atoms with Gasteiger partial charge in [-0.2, -0.15) is 43.9 Å². The van der Waals surface area contributed by atoms with E-state index in [9.17, 15) is 53.4 Å². The van der Waals surface area contributed by atoms with E-state index in [1.165, 1.54) is 12.1 Å². The van der Waals surface area contributed by atoms with Crippen LogP contribution in [0.4, 0.5) is 54.0 Å². The minimum Gasteiger partial charge on any atom is -0.385 e. The van der Waals surface area contributed by atoms with Crippen molar-refractivity contribution < 1.29 is 53.4 Å². The normalized spacial score (nSPS) is 26.2. The van der Waals surface area contributed by atoms with Crippen molar-refractivity contribution in [2.75, 3.05) is 18.0 Å². The van der Waals surface area contributed by atoms with Gasteiger partial charge < -0.3 is 10.0 Å². The number of aliphatic hydroxyl groups is 1. The summed E-state index contributed by atoms with van der Waals surface area (Å²) in [5.41, 5.74) is -9.46. The summed E-state index contributed by atoms with van der Waals surface area (Å²) >= 11 is 0. The van der Waals surface area contributed by atoms with Crippen molar-refractivity contribution in [2.45, 2.75) is 68.1 Å². The number of alkyl halides is 11. The summed E-state index contributed by atoms with van der Waals surface area (Å²) in [6, 6.07) is 4.44. The molecule has 0 saturated heterocycles. The molecule has 0 heterocycles. The van der Waals surface area contributed by atoms with E-state index in [2.05, 4.69) is 0 Å². The molecule has 184 valence electrons. The Morgan fingerprint density at radius 2 is 1.03 bits per heavy atom. The van der Waals surface area contributed by atoms with Gasteiger partial charge in [-0.05, 0) is 38.5 Å². The molecule has 1 saturated carbocycles. The second kappa shape index (κ2) is 7.36. The van der Waals surface area contributed by atoms with E-state index >= 15 is 0 Å². The number of hydrogen-bond acceptors (Lipinski definition) is 2. The lowest BCUT2D eigenvalue weighted by Crippen LogP contribution is -2.84. The second-order valence-corrected chi connectivity index (χ2v) is 7.84. The van der Waals surface area contributed by atoms with E-state index < -0.39 is 52.9 Å². The number of halogens is 11. The first-order chi connectivity index (χ1) is 14.2. The van der Waals surface area contributed by atoms with Crippen LogP contribution in [0.5, 0.6) is 0 Å². The summed E-state index contributed by atoms with van der Waals surface area (Å²) in [5, 5.41) is 10.4. The summed E-state index contributed by atoms with van der Waals surface area (Å²) in [4.78, 5) is 1.75. The molecule has 32 heavy (non-hydrogen) atoms. The fourth-order valence-corrected chi connectivity index (χ4v) is 3.70. The molecule has 2 rings (SSSR count). The molecule has 1 atom stereocenters. The van der Waals surface area contributed by atoms with Crippen LogP contribution in [0.15, 0.2) is 24.3 Å². The van der Waals surface area contributed by atoms with Crippen LogP contribution < -0.4 is 4.90 Å². The molecule has 1 aromatic rings. The number of anilines is 1. The summed E-state index contributed by atoms with van der Waals surface area (Å²) in [6.45, 7) is 4.97. The summed E-state index contributed by atoms with van der Waals surface area (Å²) in [6.07, 6.45) is -2.73. The molecule has 1 aromatic carbocycles. The van der Waals surface area contributed by atoms with Crippen molar-refractivity contribution in [3.05, 3.63) is 29.8 Å². The maximum Gasteiger partial charge on any atom is 0.384 e. The zero-order valence-corrected chi connectivity index (χ0v) is 17.0. The van der Waals surface area contributed by atoms with Crippen LogP contribution in [0.3, 0.4) is 0 Å². The first-order valence-electron chi connectivity index (χ1n) is 9.35. The van der Waals surface area contributed by atoms with Crippen molar-refractivity contribution >= 4 is 5.69 Å². The Hall–Kier alpha value is -1.79. The zero-order valence-electron chi connectivity index (χ0n) is 17.0. The monoisotopic (exact) mass is 487 g/mol. The van der Waals surface area contributed by atoms with Crippen molar-refractivity contribution in [1.29, 1.82) is 0 Å². The predicted octanol–water partition coefficient (Wildman–Crippen LogP) is 6.03. The summed E-state index contributed by atoms with van der Waals surface area (Å²) in [7, 11) is 0. The molecular weight excluding hydrogens is 467 g/mol. The summed E-state index contributed by atoms with van der Waals surface area (Å²) in [5.74, 6) is -35.6. The van der Waals surface area contributed by atoms with Crippen LogP contribution in [0.1, 0.15) is 32.8 Å². The number of benzene rings is 1. The average Bonchev–Trinajstić information content (AvgIpc) is 2.67. The molecule has 2 nitrogen and oxygen atoms in total. The molecule has 0 spiro atoms. The third kappa shape index (κ3) is 3.09. The van der Waals surface area contributed by atoms with Gasteiger partial charge in [0.1, 0.15) is 0 Å². The third-order valence-electron chi connectivity index (χ3n) is 5.78. The van der Waals surface area contributed by atoms with Gasteiger partial charge in [0.05, 0.1) is 5.60 Å². The third-order valence-corrected chi connectivity index (χ3v) is 5.78. The molecule has 13 heteroatoms. The fourth-order valence-electron chi connectivity index (χ4n) is 3.70. The van der Waals surface area contributed by atoms with E-state index in [0.29, 0.717) is 25.7 Å². The van der Waals surface area contributed by atoms with Crippen molar-refractivity contribution in [1.82, 2.24) is 0 Å². The minimum atomic E-state index is -7.28. The lowest BCUT2D eigenvalue weighted by molar-refractivity contribution is -0.488. The molecule has 0 amide bonds. The summed E-state index contributed by atoms with van der Waals surface area (Å²) < 4.78 is 153. The Labute approximate surface area is 176 Å². The number of hydrogen-bond donors (Lipinski definition) is 1. The second-order valence-electron chi connectivity index (χ2n) is 7.84. The average molecular weight is 487 g/mol. The largest absolute Gasteiger partial charge is 0.385 e. The van der Waals surface area contributed by atoms with Crippen molar-refractivity contribution in [3.63, 3.8) is 0 Å². The SMILES string of the molecule is CCN(CC)c1ccc(C(C)(O)CC2(F)C(F)(F)C(F)(F)C(F)(F)C(F)(F)C2(F)F)cc1. The standard InChI is InChI=1S/C19H20F11NO/c1-4-31(5-2)12-8-6-11(7-9-12)13(3,32)10-14(20)15(21,22)17(25,26)19(29,30)18(27,28)16(14,23)24/h6-9,32H,4-5,10H2,1-3H3. The Bertz CT molecular complexity index is 802. The van der Waals surface area contributed by atoms with Gasteiger partial charge in [0.25, 0.3) is 5.67 Å². The van der Waals surface area contributed by atoms with Crippen LogP contribution in [-0.2, 0) is 5.60 Å². The Morgan fingerprint density at radius 3 is 1.38 bits per heavy atom. The molecule has 0 aliphatic heterocycles. The molecular formula is C19H20F11NO. The molecule has 1 aliphatic rings. The first kappa shape index (κ1) is 26.5. The molecule has 0 bridgehead atoms. The number of rotatable bonds is 6. The van der Waals surface area contributed by atoms with Crippen LogP contribution in [0.2, 0.25) is 0 Å². The lowest BCUT2D eigenvalue weighted by atomic mass is 9.67. The van der Waals surface area contributed by atoms with Gasteiger partial charge in [-0.15, -0.1) is 0 Å². The molecule has 1 aliphatic carbocycles. The van der Waals surface area contributed by atoms with Gasteiger partial charge in [0, 0.05) is 25.2 Å². The van der Waals surface area contributed by atoms with Gasteiger partial charge >= 0.3 is 29.6 Å². The van der Waals surface area contributed by atoms with Gasteiger partial charge in [-0.25, -0.2) is 4.39 Å². The van der Waals surface area contributed by atoms with Crippen molar-refractivity contribution in [2.24, 2.45) is 0 Å². The highest BCUT2D eigenvalue weighted by molar-refractivity contribution is 5.48. The van der Waals surface area contributed by atoms with Gasteiger partial charge in [-0.3, -0.25) is 0 Å². The maximum absolute atomic E-state index is 15.0. The minimum absolute atomic E-state index is 0.440. The molecule has 1 unspecified atom stereocenters. The van der Waals surface area contributed by atoms with E-state index in [1.54, 1.807) is 18.7 Å². The van der Waals surface area contributed by atoms with E-state index in [0.717, 1.165) is 12.1 Å². The van der Waals surface area contributed by atoms with Crippen LogP contribution in [0.25, 0.3) is 0 Å². The Kier molecular flexibility index (Phi) is 6.08. The van der Waals surface area contributed by atoms with Gasteiger partial charge in [-0.1, -0.05) is 12.1 Å². The van der Waals surface area contributed by atoms with Gasteiger partial charge in [0.15, 0.2) is 0 Å². The smallest absolute Gasteiger partial charge is 0.384 e. The predicted molar refractivity (Wildman–Crippen MR) is 92.8 cm³/mol. The van der Waals surface area contributed by atoms with E-state index in [4.69, 9.17) is 0 Å².